The van der Waals surface area contributed by atoms with Crippen molar-refractivity contribution in [1.82, 2.24) is 25.1 Å². The minimum atomic E-state index is -4.17. The number of piperazine rings is 1. The van der Waals surface area contributed by atoms with Gasteiger partial charge < -0.3 is 10.2 Å². The molecule has 10 heteroatoms. The second-order valence-electron chi connectivity index (χ2n) is 7.96. The van der Waals surface area contributed by atoms with Crippen molar-refractivity contribution in [3.63, 3.8) is 0 Å². The Morgan fingerprint density at radius 3 is 2.48 bits per heavy atom. The monoisotopic (exact) mass is 431 g/mol. The highest BCUT2D eigenvalue weighted by Gasteiger charge is 2.32. The summed E-state index contributed by atoms with van der Waals surface area (Å²) in [6.07, 6.45) is -0.679. The first-order valence-electron chi connectivity index (χ1n) is 10.2. The molecule has 0 unspecified atom stereocenters. The standard InChI is InChI=1S/C21H24F3N7/c1-14(2)15-9-20(29-26-11-15)28-19-4-3-17-18(27-19)10-16(12-25-17)31-7-5-30(6-8-31)13-21(22,23)24/h3-4,9-12,14H,5-8,13H2,1-2H3,(H,27,28,29). The smallest absolute Gasteiger partial charge is 0.368 e. The molecule has 1 aliphatic rings. The minimum Gasteiger partial charge on any atom is -0.368 e. The molecule has 0 radical (unpaired) electrons. The maximum atomic E-state index is 12.6. The molecule has 3 aromatic rings. The van der Waals surface area contributed by atoms with E-state index in [2.05, 4.69) is 39.3 Å². The van der Waals surface area contributed by atoms with Crippen LogP contribution in [0.4, 0.5) is 30.5 Å². The highest BCUT2D eigenvalue weighted by Crippen LogP contribution is 2.24. The summed E-state index contributed by atoms with van der Waals surface area (Å²) in [4.78, 5) is 12.6. The van der Waals surface area contributed by atoms with Gasteiger partial charge in [0.15, 0.2) is 5.82 Å². The van der Waals surface area contributed by atoms with Crippen LogP contribution < -0.4 is 10.2 Å². The first-order chi connectivity index (χ1) is 14.8. The van der Waals surface area contributed by atoms with Gasteiger partial charge >= 0.3 is 6.18 Å². The zero-order valence-electron chi connectivity index (χ0n) is 17.4. The van der Waals surface area contributed by atoms with Gasteiger partial charge in [0.05, 0.1) is 35.7 Å². The summed E-state index contributed by atoms with van der Waals surface area (Å²) in [5.41, 5.74) is 3.37. The van der Waals surface area contributed by atoms with Gasteiger partial charge in [0.25, 0.3) is 0 Å². The van der Waals surface area contributed by atoms with E-state index in [4.69, 9.17) is 0 Å². The van der Waals surface area contributed by atoms with Crippen molar-refractivity contribution in [3.8, 4) is 0 Å². The Morgan fingerprint density at radius 2 is 1.77 bits per heavy atom. The van der Waals surface area contributed by atoms with Crippen molar-refractivity contribution < 1.29 is 13.2 Å². The van der Waals surface area contributed by atoms with Crippen LogP contribution in [0.2, 0.25) is 0 Å². The van der Waals surface area contributed by atoms with E-state index in [0.717, 1.165) is 16.8 Å². The Kier molecular flexibility index (Phi) is 5.90. The second kappa shape index (κ2) is 8.62. The van der Waals surface area contributed by atoms with Crippen molar-refractivity contribution in [2.75, 3.05) is 42.9 Å². The Morgan fingerprint density at radius 1 is 1.00 bits per heavy atom. The third-order valence-corrected chi connectivity index (χ3v) is 5.26. The Balaban J connectivity index is 1.48. The molecular weight excluding hydrogens is 407 g/mol. The van der Waals surface area contributed by atoms with Gasteiger partial charge in [-0.15, -0.1) is 5.10 Å². The van der Waals surface area contributed by atoms with Crippen LogP contribution in [0.15, 0.2) is 36.7 Å². The van der Waals surface area contributed by atoms with Crippen LogP contribution in [0.25, 0.3) is 11.0 Å². The molecule has 0 atom stereocenters. The molecule has 1 fully saturated rings. The summed E-state index contributed by atoms with van der Waals surface area (Å²) in [6.45, 7) is 5.05. The lowest BCUT2D eigenvalue weighted by Crippen LogP contribution is -2.49. The molecule has 0 amide bonds. The highest BCUT2D eigenvalue weighted by atomic mass is 19.4. The van der Waals surface area contributed by atoms with Gasteiger partial charge in [-0.25, -0.2) is 4.98 Å². The fraction of sp³-hybridized carbons (Fsp3) is 0.429. The molecule has 0 bridgehead atoms. The van der Waals surface area contributed by atoms with Crippen LogP contribution in [-0.2, 0) is 0 Å². The zero-order chi connectivity index (χ0) is 22.0. The van der Waals surface area contributed by atoms with E-state index in [1.807, 2.05) is 29.2 Å². The largest absolute Gasteiger partial charge is 0.401 e. The number of hydrogen-bond acceptors (Lipinski definition) is 7. The van der Waals surface area contributed by atoms with Crippen molar-refractivity contribution >= 4 is 28.4 Å². The van der Waals surface area contributed by atoms with Crippen molar-refractivity contribution in [2.24, 2.45) is 0 Å². The molecular formula is C21H24F3N7. The van der Waals surface area contributed by atoms with Crippen LogP contribution >= 0.6 is 0 Å². The van der Waals surface area contributed by atoms with Gasteiger partial charge in [0.2, 0.25) is 0 Å². The first-order valence-corrected chi connectivity index (χ1v) is 10.2. The molecule has 4 rings (SSSR count). The number of hydrogen-bond donors (Lipinski definition) is 1. The molecule has 1 N–H and O–H groups in total. The topological polar surface area (TPSA) is 70.1 Å². The molecule has 0 spiro atoms. The minimum absolute atomic E-state index is 0.337. The van der Waals surface area contributed by atoms with Crippen LogP contribution in [-0.4, -0.2) is 64.0 Å². The SMILES string of the molecule is CC(C)c1cnnc(Nc2ccc3ncc(N4CCN(CC(F)(F)F)CC4)cc3n2)c1. The van der Waals surface area contributed by atoms with Gasteiger partial charge in [0.1, 0.15) is 5.82 Å². The molecule has 1 aliphatic heterocycles. The number of anilines is 3. The summed E-state index contributed by atoms with van der Waals surface area (Å²) in [5.74, 6) is 1.57. The Bertz CT molecular complexity index is 1050. The van der Waals surface area contributed by atoms with Gasteiger partial charge in [0, 0.05) is 26.2 Å². The number of nitrogens with zero attached hydrogens (tertiary/aromatic N) is 6. The van der Waals surface area contributed by atoms with Crippen LogP contribution in [0, 0.1) is 0 Å². The number of aromatic nitrogens is 4. The zero-order valence-corrected chi connectivity index (χ0v) is 17.4. The lowest BCUT2D eigenvalue weighted by Gasteiger charge is -2.36. The molecule has 31 heavy (non-hydrogen) atoms. The fourth-order valence-corrected chi connectivity index (χ4v) is 3.55. The Hall–Kier alpha value is -3.01. The lowest BCUT2D eigenvalue weighted by molar-refractivity contribution is -0.146. The number of halogens is 3. The molecule has 4 heterocycles. The predicted molar refractivity (Wildman–Crippen MR) is 114 cm³/mol. The van der Waals surface area contributed by atoms with E-state index in [1.54, 1.807) is 12.4 Å². The van der Waals surface area contributed by atoms with Crippen molar-refractivity contribution in [3.05, 3.63) is 42.2 Å². The molecule has 0 saturated carbocycles. The Labute approximate surface area is 178 Å². The van der Waals surface area contributed by atoms with Gasteiger partial charge in [-0.05, 0) is 35.7 Å². The van der Waals surface area contributed by atoms with Crippen LogP contribution in [0.3, 0.4) is 0 Å². The number of fused-ring (bicyclic) bond motifs is 1. The van der Waals surface area contributed by atoms with E-state index in [9.17, 15) is 13.2 Å². The number of pyridine rings is 2. The van der Waals surface area contributed by atoms with E-state index in [-0.39, 0.29) is 0 Å². The summed E-state index contributed by atoms with van der Waals surface area (Å²) < 4.78 is 37.8. The number of nitrogens with one attached hydrogen (secondary N) is 1. The first kappa shape index (κ1) is 21.2. The average molecular weight is 431 g/mol. The molecule has 0 aromatic carbocycles. The normalized spacial score (nSPS) is 15.6. The summed E-state index contributed by atoms with van der Waals surface area (Å²) in [5, 5.41) is 11.3. The summed E-state index contributed by atoms with van der Waals surface area (Å²) in [7, 11) is 0. The molecule has 1 saturated heterocycles. The lowest BCUT2D eigenvalue weighted by atomic mass is 10.1. The van der Waals surface area contributed by atoms with Gasteiger partial charge in [-0.1, -0.05) is 13.8 Å². The molecule has 3 aromatic heterocycles. The van der Waals surface area contributed by atoms with E-state index >= 15 is 0 Å². The fourth-order valence-electron chi connectivity index (χ4n) is 3.55. The number of alkyl halides is 3. The quantitative estimate of drug-likeness (QED) is 0.655. The summed E-state index contributed by atoms with van der Waals surface area (Å²) >= 11 is 0. The van der Waals surface area contributed by atoms with Crippen LogP contribution in [0.5, 0.6) is 0 Å². The summed E-state index contributed by atoms with van der Waals surface area (Å²) in [6, 6.07) is 7.56. The van der Waals surface area contributed by atoms with E-state index in [0.29, 0.717) is 49.2 Å². The number of rotatable bonds is 5. The third kappa shape index (κ3) is 5.38. The van der Waals surface area contributed by atoms with Gasteiger partial charge in [-0.3, -0.25) is 9.88 Å². The third-order valence-electron chi connectivity index (χ3n) is 5.26. The highest BCUT2D eigenvalue weighted by molar-refractivity contribution is 5.80. The van der Waals surface area contributed by atoms with Crippen molar-refractivity contribution in [2.45, 2.75) is 25.9 Å². The second-order valence-corrected chi connectivity index (χ2v) is 7.96. The maximum Gasteiger partial charge on any atom is 0.401 e. The maximum absolute atomic E-state index is 12.6. The van der Waals surface area contributed by atoms with Crippen molar-refractivity contribution in [1.29, 1.82) is 0 Å². The molecule has 164 valence electrons. The average Bonchev–Trinajstić information content (AvgIpc) is 2.73. The predicted octanol–water partition coefficient (Wildman–Crippen LogP) is 3.97. The molecule has 7 nitrogen and oxygen atoms in total. The van der Waals surface area contributed by atoms with Crippen LogP contribution in [0.1, 0.15) is 25.3 Å². The van der Waals surface area contributed by atoms with Gasteiger partial charge in [-0.2, -0.15) is 18.3 Å². The van der Waals surface area contributed by atoms with E-state index < -0.39 is 12.7 Å². The van der Waals surface area contributed by atoms with E-state index in [1.165, 1.54) is 4.90 Å². The molecule has 0 aliphatic carbocycles.